The number of urea groups is 1. The van der Waals surface area contributed by atoms with E-state index in [9.17, 15) is 4.79 Å². The lowest BCUT2D eigenvalue weighted by atomic mass is 10.1. The molecule has 3 heterocycles. The summed E-state index contributed by atoms with van der Waals surface area (Å²) in [5.41, 5.74) is 3.15. The van der Waals surface area contributed by atoms with E-state index in [1.54, 1.807) is 12.4 Å². The van der Waals surface area contributed by atoms with Crippen LogP contribution in [0, 0.1) is 6.92 Å². The van der Waals surface area contributed by atoms with Gasteiger partial charge in [-0.15, -0.1) is 0 Å². The van der Waals surface area contributed by atoms with E-state index in [4.69, 9.17) is 4.74 Å². The topological polar surface area (TPSA) is 67.4 Å². The molecule has 1 atom stereocenters. The van der Waals surface area contributed by atoms with E-state index >= 15 is 0 Å². The van der Waals surface area contributed by atoms with Crippen molar-refractivity contribution in [3.05, 3.63) is 59.7 Å². The molecule has 1 unspecified atom stereocenters. The minimum atomic E-state index is -0.0584. The maximum absolute atomic E-state index is 12.6. The first-order valence-electron chi connectivity index (χ1n) is 9.64. The molecule has 0 bridgehead atoms. The van der Waals surface area contributed by atoms with Crippen LogP contribution in [0.15, 0.2) is 42.9 Å². The van der Waals surface area contributed by atoms with Crippen LogP contribution in [0.1, 0.15) is 49.0 Å². The lowest BCUT2D eigenvalue weighted by molar-refractivity contribution is 0.00416. The van der Waals surface area contributed by atoms with Gasteiger partial charge in [0.2, 0.25) is 0 Å². The average molecular weight is 368 g/mol. The summed E-state index contributed by atoms with van der Waals surface area (Å²) in [6.07, 6.45) is 8.09. The molecule has 27 heavy (non-hydrogen) atoms. The van der Waals surface area contributed by atoms with Crippen molar-refractivity contribution in [2.24, 2.45) is 0 Å². The standard InChI is InChI=1S/C21H28N4O2/c1-3-19(20-13-16(2)6-10-23-20)24-21(26)25-11-7-18(8-12-25)27-15-17-5-4-9-22-14-17/h4-6,9-10,13-14,18-19H,3,7-8,11-12,15H2,1-2H3,(H,24,26). The van der Waals surface area contributed by atoms with Gasteiger partial charge in [-0.2, -0.15) is 0 Å². The number of carbonyl (C=O) groups is 1. The number of amides is 2. The largest absolute Gasteiger partial charge is 0.373 e. The highest BCUT2D eigenvalue weighted by molar-refractivity contribution is 5.74. The number of carbonyl (C=O) groups excluding carboxylic acids is 1. The molecule has 6 heteroatoms. The van der Waals surface area contributed by atoms with Crippen LogP contribution in [0.3, 0.4) is 0 Å². The third kappa shape index (κ3) is 5.50. The van der Waals surface area contributed by atoms with Gasteiger partial charge in [0.25, 0.3) is 0 Å². The lowest BCUT2D eigenvalue weighted by Gasteiger charge is -2.33. The molecule has 3 rings (SSSR count). The molecular formula is C21H28N4O2. The molecule has 1 fully saturated rings. The Hall–Kier alpha value is -2.47. The third-order valence-electron chi connectivity index (χ3n) is 4.94. The maximum Gasteiger partial charge on any atom is 0.317 e. The number of nitrogens with zero attached hydrogens (tertiary/aromatic N) is 3. The first-order valence-corrected chi connectivity index (χ1v) is 9.64. The lowest BCUT2D eigenvalue weighted by Crippen LogP contribution is -2.46. The van der Waals surface area contributed by atoms with Crippen molar-refractivity contribution in [1.29, 1.82) is 0 Å². The monoisotopic (exact) mass is 368 g/mol. The Morgan fingerprint density at radius 3 is 2.81 bits per heavy atom. The predicted molar refractivity (Wildman–Crippen MR) is 104 cm³/mol. The van der Waals surface area contributed by atoms with Crippen molar-refractivity contribution in [1.82, 2.24) is 20.2 Å². The number of ether oxygens (including phenoxy) is 1. The molecule has 2 aromatic rings. The fraction of sp³-hybridized carbons (Fsp3) is 0.476. The normalized spacial score (nSPS) is 16.1. The Balaban J connectivity index is 1.46. The zero-order chi connectivity index (χ0) is 19.1. The van der Waals surface area contributed by atoms with Crippen LogP contribution >= 0.6 is 0 Å². The molecule has 0 radical (unpaired) electrons. The van der Waals surface area contributed by atoms with Crippen molar-refractivity contribution >= 4 is 6.03 Å². The molecular weight excluding hydrogens is 340 g/mol. The average Bonchev–Trinajstić information content (AvgIpc) is 2.71. The SMILES string of the molecule is CCC(NC(=O)N1CCC(OCc2cccnc2)CC1)c1cc(C)ccn1. The van der Waals surface area contributed by atoms with Crippen molar-refractivity contribution in [2.75, 3.05) is 13.1 Å². The number of hydrogen-bond acceptors (Lipinski definition) is 4. The summed E-state index contributed by atoms with van der Waals surface area (Å²) in [7, 11) is 0. The summed E-state index contributed by atoms with van der Waals surface area (Å²) in [6, 6.07) is 7.85. The molecule has 1 aliphatic heterocycles. The number of nitrogens with one attached hydrogen (secondary N) is 1. The molecule has 0 aliphatic carbocycles. The molecule has 0 saturated carbocycles. The molecule has 144 valence electrons. The summed E-state index contributed by atoms with van der Waals surface area (Å²) in [6.45, 7) is 6.09. The molecule has 1 aliphatic rings. The quantitative estimate of drug-likeness (QED) is 0.845. The van der Waals surface area contributed by atoms with Crippen molar-refractivity contribution in [3.63, 3.8) is 0 Å². The molecule has 2 amide bonds. The Bertz CT molecular complexity index is 730. The summed E-state index contributed by atoms with van der Waals surface area (Å²) in [5, 5.41) is 3.13. The number of piperidine rings is 1. The highest BCUT2D eigenvalue weighted by Gasteiger charge is 2.25. The number of rotatable bonds is 6. The van der Waals surface area contributed by atoms with Crippen molar-refractivity contribution < 1.29 is 9.53 Å². The first-order chi connectivity index (χ1) is 13.2. The van der Waals surface area contributed by atoms with E-state index in [2.05, 4.69) is 22.2 Å². The minimum absolute atomic E-state index is 0.0177. The number of hydrogen-bond donors (Lipinski definition) is 1. The van der Waals surface area contributed by atoms with Crippen LogP contribution < -0.4 is 5.32 Å². The highest BCUT2D eigenvalue weighted by atomic mass is 16.5. The Kier molecular flexibility index (Phi) is 6.76. The Morgan fingerprint density at radius 1 is 1.33 bits per heavy atom. The van der Waals surface area contributed by atoms with Crippen LogP contribution in [0.25, 0.3) is 0 Å². The third-order valence-corrected chi connectivity index (χ3v) is 4.94. The van der Waals surface area contributed by atoms with Gasteiger partial charge in [-0.1, -0.05) is 13.0 Å². The fourth-order valence-electron chi connectivity index (χ4n) is 3.30. The summed E-state index contributed by atoms with van der Waals surface area (Å²) in [4.78, 5) is 23.0. The van der Waals surface area contributed by atoms with Crippen LogP contribution in [-0.4, -0.2) is 40.1 Å². The summed E-state index contributed by atoms with van der Waals surface area (Å²) >= 11 is 0. The second-order valence-electron chi connectivity index (χ2n) is 7.03. The van der Waals surface area contributed by atoms with Gasteiger partial charge in [0.15, 0.2) is 0 Å². The zero-order valence-corrected chi connectivity index (χ0v) is 16.1. The molecule has 0 spiro atoms. The van der Waals surface area contributed by atoms with Gasteiger partial charge < -0.3 is 15.0 Å². The van der Waals surface area contributed by atoms with Crippen molar-refractivity contribution in [2.45, 2.75) is 51.9 Å². The second kappa shape index (κ2) is 9.46. The van der Waals surface area contributed by atoms with Gasteiger partial charge in [-0.25, -0.2) is 4.79 Å². The van der Waals surface area contributed by atoms with E-state index in [1.165, 1.54) is 0 Å². The molecule has 6 nitrogen and oxygen atoms in total. The number of aromatic nitrogens is 2. The fourth-order valence-corrected chi connectivity index (χ4v) is 3.30. The van der Waals surface area contributed by atoms with Crippen molar-refractivity contribution in [3.8, 4) is 0 Å². The van der Waals surface area contributed by atoms with Gasteiger partial charge in [-0.05, 0) is 55.5 Å². The van der Waals surface area contributed by atoms with E-state index in [-0.39, 0.29) is 18.2 Å². The number of pyridine rings is 2. The predicted octanol–water partition coefficient (Wildman–Crippen LogP) is 3.63. The van der Waals surface area contributed by atoms with Crippen LogP contribution in [0.5, 0.6) is 0 Å². The molecule has 2 aromatic heterocycles. The summed E-state index contributed by atoms with van der Waals surface area (Å²) in [5.74, 6) is 0. The highest BCUT2D eigenvalue weighted by Crippen LogP contribution is 2.19. The molecule has 0 aromatic carbocycles. The van der Waals surface area contributed by atoms with Gasteiger partial charge in [-0.3, -0.25) is 9.97 Å². The molecule has 1 N–H and O–H groups in total. The van der Waals surface area contributed by atoms with Gasteiger partial charge >= 0.3 is 6.03 Å². The van der Waals surface area contributed by atoms with Gasteiger partial charge in [0, 0.05) is 31.7 Å². The van der Waals surface area contributed by atoms with E-state index in [0.29, 0.717) is 19.7 Å². The zero-order valence-electron chi connectivity index (χ0n) is 16.1. The van der Waals surface area contributed by atoms with Crippen LogP contribution in [0.4, 0.5) is 4.79 Å². The summed E-state index contributed by atoms with van der Waals surface area (Å²) < 4.78 is 5.97. The van der Waals surface area contributed by atoms with Crippen LogP contribution in [0.2, 0.25) is 0 Å². The van der Waals surface area contributed by atoms with Gasteiger partial charge in [0.1, 0.15) is 0 Å². The van der Waals surface area contributed by atoms with Gasteiger partial charge in [0.05, 0.1) is 24.4 Å². The first kappa shape index (κ1) is 19.3. The Labute approximate surface area is 161 Å². The van der Waals surface area contributed by atoms with Crippen LogP contribution in [-0.2, 0) is 11.3 Å². The minimum Gasteiger partial charge on any atom is -0.373 e. The maximum atomic E-state index is 12.6. The smallest absolute Gasteiger partial charge is 0.317 e. The van der Waals surface area contributed by atoms with E-state index in [1.807, 2.05) is 42.3 Å². The van der Waals surface area contributed by atoms with E-state index < -0.39 is 0 Å². The number of likely N-dealkylation sites (tertiary alicyclic amines) is 1. The molecule has 1 saturated heterocycles. The van der Waals surface area contributed by atoms with E-state index in [0.717, 1.165) is 36.1 Å². The number of aryl methyl sites for hydroxylation is 1. The second-order valence-corrected chi connectivity index (χ2v) is 7.03. The Morgan fingerprint density at radius 2 is 2.15 bits per heavy atom.